The van der Waals surface area contributed by atoms with Gasteiger partial charge in [0.05, 0.1) is 5.52 Å². The van der Waals surface area contributed by atoms with Gasteiger partial charge in [0.2, 0.25) is 0 Å². The van der Waals surface area contributed by atoms with Crippen molar-refractivity contribution >= 4 is 22.3 Å². The quantitative estimate of drug-likeness (QED) is 0.736. The normalized spacial score (nSPS) is 16.5. The zero-order valence-electron chi connectivity index (χ0n) is 14.3. The number of nitrogens with one attached hydrogen (secondary N) is 2. The fourth-order valence-electron chi connectivity index (χ4n) is 3.58. The van der Waals surface area contributed by atoms with Gasteiger partial charge in [0.25, 0.3) is 0 Å². The molecule has 122 valence electrons. The lowest BCUT2D eigenvalue weighted by atomic mass is 9.98. The molecule has 0 amide bonds. The third kappa shape index (κ3) is 2.71. The molecule has 1 atom stereocenters. The lowest BCUT2D eigenvalue weighted by Gasteiger charge is -2.28. The Morgan fingerprint density at radius 3 is 2.88 bits per heavy atom. The maximum atomic E-state index is 4.61. The van der Waals surface area contributed by atoms with E-state index in [-0.39, 0.29) is 0 Å². The summed E-state index contributed by atoms with van der Waals surface area (Å²) in [6.07, 6.45) is 4.27. The third-order valence-corrected chi connectivity index (χ3v) is 4.95. The first-order valence-corrected chi connectivity index (χ1v) is 8.65. The Balaban J connectivity index is 1.56. The standard InChI is InChI=1S/C21H23N3/c1-14-6-5-8-18-20(14)22-12-15(2)21(18)23-13-17-11-10-16-7-3-4-9-19(16)24-17/h3-9,12,17,24H,10-11,13H2,1-2H3,(H,22,23). The Morgan fingerprint density at radius 2 is 1.96 bits per heavy atom. The van der Waals surface area contributed by atoms with Crippen molar-refractivity contribution in [2.24, 2.45) is 0 Å². The van der Waals surface area contributed by atoms with Gasteiger partial charge in [-0.2, -0.15) is 0 Å². The zero-order chi connectivity index (χ0) is 16.5. The molecule has 2 aromatic carbocycles. The van der Waals surface area contributed by atoms with Gasteiger partial charge in [-0.15, -0.1) is 0 Å². The third-order valence-electron chi connectivity index (χ3n) is 4.95. The SMILES string of the molecule is Cc1cnc2c(C)cccc2c1NCC1CCc2ccccc2N1. The van der Waals surface area contributed by atoms with Gasteiger partial charge >= 0.3 is 0 Å². The maximum Gasteiger partial charge on any atom is 0.0752 e. The Kier molecular flexibility index (Phi) is 3.85. The molecule has 4 rings (SSSR count). The molecule has 2 N–H and O–H groups in total. The molecule has 1 unspecified atom stereocenters. The molecule has 0 spiro atoms. The second-order valence-electron chi connectivity index (χ2n) is 6.71. The van der Waals surface area contributed by atoms with Crippen LogP contribution in [-0.4, -0.2) is 17.6 Å². The number of aryl methyl sites for hydroxylation is 3. The number of pyridine rings is 1. The molecule has 3 nitrogen and oxygen atoms in total. The summed E-state index contributed by atoms with van der Waals surface area (Å²) < 4.78 is 0. The molecular formula is C21H23N3. The molecule has 0 saturated heterocycles. The largest absolute Gasteiger partial charge is 0.382 e. The number of benzene rings is 2. The van der Waals surface area contributed by atoms with Crippen molar-refractivity contribution in [3.63, 3.8) is 0 Å². The van der Waals surface area contributed by atoms with Crippen molar-refractivity contribution in [2.75, 3.05) is 17.2 Å². The molecule has 3 heteroatoms. The average molecular weight is 317 g/mol. The molecule has 0 aliphatic carbocycles. The van der Waals surface area contributed by atoms with Crippen molar-refractivity contribution in [1.82, 2.24) is 4.98 Å². The second kappa shape index (κ2) is 6.16. The topological polar surface area (TPSA) is 37.0 Å². The fraction of sp³-hybridized carbons (Fsp3) is 0.286. The van der Waals surface area contributed by atoms with Crippen molar-refractivity contribution < 1.29 is 0 Å². The zero-order valence-corrected chi connectivity index (χ0v) is 14.3. The number of nitrogens with zero attached hydrogens (tertiary/aromatic N) is 1. The van der Waals surface area contributed by atoms with Crippen LogP contribution in [-0.2, 0) is 6.42 Å². The van der Waals surface area contributed by atoms with Gasteiger partial charge in [0, 0.05) is 35.5 Å². The minimum atomic E-state index is 0.451. The highest BCUT2D eigenvalue weighted by molar-refractivity contribution is 5.94. The summed E-state index contributed by atoms with van der Waals surface area (Å²) >= 11 is 0. The Morgan fingerprint density at radius 1 is 1.08 bits per heavy atom. The van der Waals surface area contributed by atoms with Crippen LogP contribution in [0, 0.1) is 13.8 Å². The summed E-state index contributed by atoms with van der Waals surface area (Å²) in [7, 11) is 0. The van der Waals surface area contributed by atoms with E-state index in [9.17, 15) is 0 Å². The monoisotopic (exact) mass is 317 g/mol. The van der Waals surface area contributed by atoms with Gasteiger partial charge in [-0.3, -0.25) is 4.98 Å². The minimum absolute atomic E-state index is 0.451. The predicted octanol–water partition coefficient (Wildman–Crippen LogP) is 4.69. The van der Waals surface area contributed by atoms with E-state index < -0.39 is 0 Å². The molecule has 0 bridgehead atoms. The average Bonchev–Trinajstić information content (AvgIpc) is 2.61. The smallest absolute Gasteiger partial charge is 0.0752 e. The molecule has 0 saturated carbocycles. The van der Waals surface area contributed by atoms with Crippen LogP contribution in [0.15, 0.2) is 48.7 Å². The van der Waals surface area contributed by atoms with Gasteiger partial charge in [-0.05, 0) is 49.4 Å². The summed E-state index contributed by atoms with van der Waals surface area (Å²) in [5, 5.41) is 8.56. The number of fused-ring (bicyclic) bond motifs is 2. The highest BCUT2D eigenvalue weighted by atomic mass is 15.0. The fourth-order valence-corrected chi connectivity index (χ4v) is 3.58. The van der Waals surface area contributed by atoms with Crippen molar-refractivity contribution in [1.29, 1.82) is 0 Å². The van der Waals surface area contributed by atoms with Crippen molar-refractivity contribution in [3.8, 4) is 0 Å². The van der Waals surface area contributed by atoms with E-state index in [4.69, 9.17) is 0 Å². The van der Waals surface area contributed by atoms with Crippen LogP contribution in [0.1, 0.15) is 23.1 Å². The van der Waals surface area contributed by atoms with E-state index in [2.05, 4.69) is 71.9 Å². The molecule has 1 aromatic heterocycles. The Labute approximate surface area is 143 Å². The maximum absolute atomic E-state index is 4.61. The highest BCUT2D eigenvalue weighted by Gasteiger charge is 2.17. The predicted molar refractivity (Wildman–Crippen MR) is 102 cm³/mol. The molecular weight excluding hydrogens is 294 g/mol. The van der Waals surface area contributed by atoms with Crippen LogP contribution in [0.2, 0.25) is 0 Å². The lowest BCUT2D eigenvalue weighted by Crippen LogP contribution is -2.32. The number of hydrogen-bond donors (Lipinski definition) is 2. The Hall–Kier alpha value is -2.55. The van der Waals surface area contributed by atoms with Gasteiger partial charge in [0.1, 0.15) is 0 Å². The number of anilines is 2. The first-order chi connectivity index (χ1) is 11.7. The van der Waals surface area contributed by atoms with Gasteiger partial charge in [0.15, 0.2) is 0 Å². The molecule has 1 aliphatic rings. The van der Waals surface area contributed by atoms with Gasteiger partial charge < -0.3 is 10.6 Å². The van der Waals surface area contributed by atoms with Crippen LogP contribution < -0.4 is 10.6 Å². The summed E-state index contributed by atoms with van der Waals surface area (Å²) in [5.41, 5.74) is 7.43. The molecule has 1 aliphatic heterocycles. The molecule has 0 radical (unpaired) electrons. The van der Waals surface area contributed by atoms with E-state index >= 15 is 0 Å². The molecule has 0 fully saturated rings. The number of para-hydroxylation sites is 2. The highest BCUT2D eigenvalue weighted by Crippen LogP contribution is 2.28. The first kappa shape index (κ1) is 15.0. The first-order valence-electron chi connectivity index (χ1n) is 8.65. The summed E-state index contributed by atoms with van der Waals surface area (Å²) in [5.74, 6) is 0. The molecule has 3 aromatic rings. The lowest BCUT2D eigenvalue weighted by molar-refractivity contribution is 0.654. The van der Waals surface area contributed by atoms with E-state index in [0.29, 0.717) is 6.04 Å². The second-order valence-corrected chi connectivity index (χ2v) is 6.71. The van der Waals surface area contributed by atoms with Crippen LogP contribution in [0.4, 0.5) is 11.4 Å². The van der Waals surface area contributed by atoms with E-state index in [1.54, 1.807) is 0 Å². The van der Waals surface area contributed by atoms with Crippen molar-refractivity contribution in [3.05, 3.63) is 65.4 Å². The summed E-state index contributed by atoms with van der Waals surface area (Å²) in [4.78, 5) is 4.61. The molecule has 2 heterocycles. The van der Waals surface area contributed by atoms with E-state index in [1.807, 2.05) is 6.20 Å². The van der Waals surface area contributed by atoms with E-state index in [1.165, 1.54) is 33.5 Å². The molecule has 24 heavy (non-hydrogen) atoms. The van der Waals surface area contributed by atoms with Gasteiger partial charge in [-0.1, -0.05) is 36.4 Å². The summed E-state index contributed by atoms with van der Waals surface area (Å²) in [6.45, 7) is 5.16. The summed E-state index contributed by atoms with van der Waals surface area (Å²) in [6, 6.07) is 15.5. The van der Waals surface area contributed by atoms with Crippen LogP contribution in [0.25, 0.3) is 10.9 Å². The van der Waals surface area contributed by atoms with Gasteiger partial charge in [-0.25, -0.2) is 0 Å². The number of aromatic nitrogens is 1. The van der Waals surface area contributed by atoms with Crippen LogP contribution in [0.3, 0.4) is 0 Å². The van der Waals surface area contributed by atoms with Crippen LogP contribution >= 0.6 is 0 Å². The van der Waals surface area contributed by atoms with Crippen molar-refractivity contribution in [2.45, 2.75) is 32.7 Å². The Bertz CT molecular complexity index is 885. The minimum Gasteiger partial charge on any atom is -0.382 e. The van der Waals surface area contributed by atoms with Crippen LogP contribution in [0.5, 0.6) is 0 Å². The van der Waals surface area contributed by atoms with E-state index in [0.717, 1.165) is 24.9 Å². The number of rotatable bonds is 3. The number of hydrogen-bond acceptors (Lipinski definition) is 3.